The first-order valence-corrected chi connectivity index (χ1v) is 11.0. The average Bonchev–Trinajstić information content (AvgIpc) is 3.46. The number of aromatic amines is 1. The molecule has 0 saturated carbocycles. The maximum atomic E-state index is 4.79. The van der Waals surface area contributed by atoms with Crippen molar-refractivity contribution in [2.75, 3.05) is 0 Å². The fourth-order valence-electron chi connectivity index (χ4n) is 3.67. The third-order valence-corrected chi connectivity index (χ3v) is 5.29. The molecule has 160 valence electrons. The Morgan fingerprint density at radius 1 is 0.935 bits per heavy atom. The van der Waals surface area contributed by atoms with Crippen LogP contribution < -0.4 is 0 Å². The van der Waals surface area contributed by atoms with Crippen molar-refractivity contribution < 1.29 is 0 Å². The number of H-pyrrole nitrogens is 1. The lowest BCUT2D eigenvalue weighted by Crippen LogP contribution is -2.07. The number of rotatable bonds is 10. The van der Waals surface area contributed by atoms with Gasteiger partial charge in [0, 0.05) is 36.4 Å². The Kier molecular flexibility index (Phi) is 6.76. The van der Waals surface area contributed by atoms with Crippen molar-refractivity contribution >= 4 is 0 Å². The van der Waals surface area contributed by atoms with E-state index in [1.165, 1.54) is 18.4 Å². The number of pyridine rings is 1. The van der Waals surface area contributed by atoms with E-state index in [1.54, 1.807) is 6.20 Å². The summed E-state index contributed by atoms with van der Waals surface area (Å²) in [6, 6.07) is 10.4. The molecule has 0 aliphatic heterocycles. The first-order chi connectivity index (χ1) is 15.3. The summed E-state index contributed by atoms with van der Waals surface area (Å²) in [5.74, 6) is 2.67. The normalized spacial score (nSPS) is 11.2. The van der Waals surface area contributed by atoms with E-state index in [-0.39, 0.29) is 0 Å². The van der Waals surface area contributed by atoms with Crippen LogP contribution in [0.15, 0.2) is 42.7 Å². The number of tetrazole rings is 1. The molecule has 31 heavy (non-hydrogen) atoms. The molecule has 0 atom stereocenters. The van der Waals surface area contributed by atoms with Gasteiger partial charge in [-0.15, -0.1) is 5.10 Å². The number of nitrogens with zero attached hydrogens (tertiary/aromatic N) is 7. The third kappa shape index (κ3) is 5.02. The molecule has 0 saturated heterocycles. The molecule has 0 unspecified atom stereocenters. The summed E-state index contributed by atoms with van der Waals surface area (Å²) in [5, 5.41) is 19.0. The summed E-state index contributed by atoms with van der Waals surface area (Å²) < 4.78 is 2.07. The van der Waals surface area contributed by atoms with Gasteiger partial charge in [-0.05, 0) is 40.5 Å². The first-order valence-electron chi connectivity index (χ1n) is 11.0. The minimum atomic E-state index is 0.629. The van der Waals surface area contributed by atoms with Crippen molar-refractivity contribution in [3.05, 3.63) is 59.9 Å². The molecule has 8 nitrogen and oxygen atoms in total. The average molecular weight is 417 g/mol. The molecular weight excluding hydrogens is 388 g/mol. The highest BCUT2D eigenvalue weighted by atomic mass is 15.5. The molecule has 1 aromatic carbocycles. The molecule has 0 fully saturated rings. The highest BCUT2D eigenvalue weighted by Crippen LogP contribution is 2.29. The fourth-order valence-corrected chi connectivity index (χ4v) is 3.67. The van der Waals surface area contributed by atoms with Crippen LogP contribution in [0.25, 0.3) is 22.5 Å². The van der Waals surface area contributed by atoms with Crippen molar-refractivity contribution in [2.24, 2.45) is 0 Å². The van der Waals surface area contributed by atoms with Crippen molar-refractivity contribution in [1.82, 2.24) is 40.4 Å². The molecule has 0 spiro atoms. The van der Waals surface area contributed by atoms with Crippen LogP contribution in [-0.2, 0) is 19.4 Å². The smallest absolute Gasteiger partial charge is 0.180 e. The molecule has 4 aromatic rings. The molecule has 3 heterocycles. The van der Waals surface area contributed by atoms with Crippen LogP contribution >= 0.6 is 0 Å². The summed E-state index contributed by atoms with van der Waals surface area (Å²) in [4.78, 5) is 9.08. The van der Waals surface area contributed by atoms with E-state index < -0.39 is 0 Å². The van der Waals surface area contributed by atoms with E-state index in [1.807, 2.05) is 12.3 Å². The van der Waals surface area contributed by atoms with E-state index in [0.717, 1.165) is 60.6 Å². The lowest BCUT2D eigenvalue weighted by atomic mass is 10.0. The second kappa shape index (κ2) is 10.1. The predicted molar refractivity (Wildman–Crippen MR) is 119 cm³/mol. The van der Waals surface area contributed by atoms with Gasteiger partial charge in [0.1, 0.15) is 5.82 Å². The van der Waals surface area contributed by atoms with Gasteiger partial charge in [0.2, 0.25) is 0 Å². The first kappa shape index (κ1) is 20.8. The summed E-state index contributed by atoms with van der Waals surface area (Å²) >= 11 is 0. The quantitative estimate of drug-likeness (QED) is 0.388. The van der Waals surface area contributed by atoms with Crippen molar-refractivity contribution in [1.29, 1.82) is 0 Å². The summed E-state index contributed by atoms with van der Waals surface area (Å²) in [7, 11) is 0. The Hall–Kier alpha value is -3.42. The van der Waals surface area contributed by atoms with E-state index >= 15 is 0 Å². The van der Waals surface area contributed by atoms with Gasteiger partial charge in [-0.25, -0.2) is 14.8 Å². The number of unbranched alkanes of at least 4 members (excludes halogenated alkanes) is 2. The number of benzene rings is 1. The highest BCUT2D eigenvalue weighted by molar-refractivity contribution is 5.79. The Bertz CT molecular complexity index is 1080. The van der Waals surface area contributed by atoms with Crippen molar-refractivity contribution in [3.8, 4) is 22.5 Å². The number of aryl methyl sites for hydroxylation is 2. The molecule has 8 heteroatoms. The molecule has 0 amide bonds. The SMILES string of the molecule is CCCCCc1nc(CCC)nn1Cc1ccc(-c2cnccc2-c2nnn[nH]2)cc1. The predicted octanol–water partition coefficient (Wildman–Crippen LogP) is 4.25. The van der Waals surface area contributed by atoms with Crippen LogP contribution in [0.3, 0.4) is 0 Å². The molecular formula is C23H28N8. The molecule has 0 aliphatic rings. The van der Waals surface area contributed by atoms with Crippen molar-refractivity contribution in [3.63, 3.8) is 0 Å². The lowest BCUT2D eigenvalue weighted by Gasteiger charge is -2.09. The Morgan fingerprint density at radius 2 is 1.81 bits per heavy atom. The van der Waals surface area contributed by atoms with Crippen LogP contribution in [0.2, 0.25) is 0 Å². The van der Waals surface area contributed by atoms with Crippen LogP contribution in [-0.4, -0.2) is 40.4 Å². The fraction of sp³-hybridized carbons (Fsp3) is 0.391. The molecule has 0 radical (unpaired) electrons. The summed E-state index contributed by atoms with van der Waals surface area (Å²) in [5.41, 5.74) is 4.17. The maximum absolute atomic E-state index is 4.79. The zero-order chi connectivity index (χ0) is 21.5. The van der Waals surface area contributed by atoms with Crippen LogP contribution in [0, 0.1) is 0 Å². The van der Waals surface area contributed by atoms with E-state index in [9.17, 15) is 0 Å². The molecule has 3 aromatic heterocycles. The highest BCUT2D eigenvalue weighted by Gasteiger charge is 2.12. The van der Waals surface area contributed by atoms with E-state index in [0.29, 0.717) is 5.82 Å². The standard InChI is InChI=1S/C23H28N8/c1-3-5-6-8-22-25-21(7-4-2)28-31(22)16-17-9-11-18(12-10-17)20-15-24-14-13-19(20)23-26-29-30-27-23/h9-15H,3-8,16H2,1-2H3,(H,26,27,29,30). The van der Waals surface area contributed by atoms with Gasteiger partial charge in [-0.1, -0.05) is 51.0 Å². The van der Waals surface area contributed by atoms with Gasteiger partial charge in [0.05, 0.1) is 6.54 Å². The van der Waals surface area contributed by atoms with E-state index in [2.05, 4.69) is 68.4 Å². The minimum Gasteiger partial charge on any atom is -0.264 e. The topological polar surface area (TPSA) is 98.1 Å². The van der Waals surface area contributed by atoms with E-state index in [4.69, 9.17) is 10.1 Å². The van der Waals surface area contributed by atoms with Crippen LogP contribution in [0.4, 0.5) is 0 Å². The Morgan fingerprint density at radius 3 is 2.55 bits per heavy atom. The Balaban J connectivity index is 1.55. The molecule has 0 bridgehead atoms. The number of aromatic nitrogens is 8. The van der Waals surface area contributed by atoms with Gasteiger partial charge in [0.25, 0.3) is 0 Å². The van der Waals surface area contributed by atoms with Crippen LogP contribution in [0.1, 0.15) is 56.7 Å². The second-order valence-electron chi connectivity index (χ2n) is 7.68. The summed E-state index contributed by atoms with van der Waals surface area (Å²) in [6.45, 7) is 5.11. The van der Waals surface area contributed by atoms with Gasteiger partial charge in [0.15, 0.2) is 11.6 Å². The summed E-state index contributed by atoms with van der Waals surface area (Å²) in [6.07, 6.45) is 10.1. The Labute approximate surface area is 182 Å². The van der Waals surface area contributed by atoms with Gasteiger partial charge < -0.3 is 0 Å². The largest absolute Gasteiger partial charge is 0.264 e. The molecule has 0 aliphatic carbocycles. The maximum Gasteiger partial charge on any atom is 0.180 e. The van der Waals surface area contributed by atoms with Gasteiger partial charge in [-0.2, -0.15) is 5.10 Å². The lowest BCUT2D eigenvalue weighted by molar-refractivity contribution is 0.603. The zero-order valence-corrected chi connectivity index (χ0v) is 18.1. The molecule has 1 N–H and O–H groups in total. The third-order valence-electron chi connectivity index (χ3n) is 5.29. The van der Waals surface area contributed by atoms with Crippen LogP contribution in [0.5, 0.6) is 0 Å². The zero-order valence-electron chi connectivity index (χ0n) is 18.1. The monoisotopic (exact) mass is 416 g/mol. The van der Waals surface area contributed by atoms with Gasteiger partial charge >= 0.3 is 0 Å². The number of hydrogen-bond acceptors (Lipinski definition) is 6. The minimum absolute atomic E-state index is 0.629. The number of hydrogen-bond donors (Lipinski definition) is 1. The number of nitrogens with one attached hydrogen (secondary N) is 1. The second-order valence-corrected chi connectivity index (χ2v) is 7.68. The van der Waals surface area contributed by atoms with Gasteiger partial charge in [-0.3, -0.25) is 4.98 Å². The molecule has 4 rings (SSSR count). The van der Waals surface area contributed by atoms with Crippen molar-refractivity contribution in [2.45, 2.75) is 58.9 Å².